The molecule has 2 amide bonds. The van der Waals surface area contributed by atoms with Crippen molar-refractivity contribution in [3.05, 3.63) is 69.2 Å². The molecule has 122 valence electrons. The van der Waals surface area contributed by atoms with Crippen molar-refractivity contribution in [3.63, 3.8) is 0 Å². The van der Waals surface area contributed by atoms with Crippen molar-refractivity contribution in [2.45, 2.75) is 12.3 Å². The molecule has 0 fully saturated rings. The van der Waals surface area contributed by atoms with Crippen LogP contribution in [-0.4, -0.2) is 29.5 Å². The summed E-state index contributed by atoms with van der Waals surface area (Å²) in [5.41, 5.74) is 1.54. The molecule has 0 saturated heterocycles. The summed E-state index contributed by atoms with van der Waals surface area (Å²) >= 11 is 12.0. The summed E-state index contributed by atoms with van der Waals surface area (Å²) in [4.78, 5) is 37.2. The highest BCUT2D eigenvalue weighted by atomic mass is 35.5. The highest BCUT2D eigenvalue weighted by Gasteiger charge is 2.36. The molecule has 1 atom stereocenters. The van der Waals surface area contributed by atoms with Gasteiger partial charge >= 0.3 is 0 Å². The number of halogens is 2. The first-order valence-corrected chi connectivity index (χ1v) is 8.12. The molecular formula is C18H13Cl2NO3. The number of carbonyl (C=O) groups is 3. The molecule has 3 rings (SSSR count). The van der Waals surface area contributed by atoms with Crippen LogP contribution in [0.5, 0.6) is 0 Å². The molecule has 24 heavy (non-hydrogen) atoms. The lowest BCUT2D eigenvalue weighted by molar-refractivity contribution is -0.108. The summed E-state index contributed by atoms with van der Waals surface area (Å²) < 4.78 is 0. The Kier molecular flexibility index (Phi) is 4.69. The summed E-state index contributed by atoms with van der Waals surface area (Å²) in [7, 11) is 0. The van der Waals surface area contributed by atoms with Crippen LogP contribution in [0.4, 0.5) is 0 Å². The second-order valence-electron chi connectivity index (χ2n) is 5.54. The van der Waals surface area contributed by atoms with Crippen molar-refractivity contribution in [2.24, 2.45) is 0 Å². The van der Waals surface area contributed by atoms with Crippen LogP contribution >= 0.6 is 23.2 Å². The minimum absolute atomic E-state index is 0.114. The summed E-state index contributed by atoms with van der Waals surface area (Å²) in [6.45, 7) is 0.114. The molecule has 0 aromatic heterocycles. The zero-order valence-corrected chi connectivity index (χ0v) is 14.1. The number of aldehydes is 1. The zero-order valence-electron chi connectivity index (χ0n) is 12.5. The van der Waals surface area contributed by atoms with Crippen LogP contribution in [0.2, 0.25) is 10.0 Å². The minimum atomic E-state index is -0.341. The summed E-state index contributed by atoms with van der Waals surface area (Å²) in [5, 5.41) is 0.776. The van der Waals surface area contributed by atoms with E-state index in [2.05, 4.69) is 0 Å². The van der Waals surface area contributed by atoms with Gasteiger partial charge < -0.3 is 4.79 Å². The maximum Gasteiger partial charge on any atom is 0.261 e. The SMILES string of the molecule is O=CCC(CN1C(=O)c2ccccc2C1=O)c1ccc(Cl)c(Cl)c1. The predicted molar refractivity (Wildman–Crippen MR) is 91.7 cm³/mol. The lowest BCUT2D eigenvalue weighted by Crippen LogP contribution is -2.34. The topological polar surface area (TPSA) is 54.5 Å². The number of imide groups is 1. The number of hydrogen-bond acceptors (Lipinski definition) is 3. The number of carbonyl (C=O) groups excluding carboxylic acids is 3. The summed E-state index contributed by atoms with van der Waals surface area (Å²) in [5.74, 6) is -1.02. The number of amides is 2. The average molecular weight is 362 g/mol. The summed E-state index contributed by atoms with van der Waals surface area (Å²) in [6.07, 6.45) is 0.941. The highest BCUT2D eigenvalue weighted by Crippen LogP contribution is 2.31. The van der Waals surface area contributed by atoms with Crippen LogP contribution in [0.1, 0.15) is 38.6 Å². The first-order chi connectivity index (χ1) is 11.5. The smallest absolute Gasteiger partial charge is 0.261 e. The average Bonchev–Trinajstić information content (AvgIpc) is 2.82. The molecule has 2 aromatic carbocycles. The van der Waals surface area contributed by atoms with Crippen LogP contribution in [0.3, 0.4) is 0 Å². The Labute approximate surface area is 149 Å². The maximum atomic E-state index is 12.5. The van der Waals surface area contributed by atoms with Crippen molar-refractivity contribution >= 4 is 41.3 Å². The van der Waals surface area contributed by atoms with Crippen molar-refractivity contribution in [1.29, 1.82) is 0 Å². The van der Waals surface area contributed by atoms with Crippen LogP contribution in [0, 0.1) is 0 Å². The molecule has 4 nitrogen and oxygen atoms in total. The fraction of sp³-hybridized carbons (Fsp3) is 0.167. The largest absolute Gasteiger partial charge is 0.303 e. The van der Waals surface area contributed by atoms with Crippen molar-refractivity contribution in [2.75, 3.05) is 6.54 Å². The third kappa shape index (κ3) is 2.95. The predicted octanol–water partition coefficient (Wildman–Crippen LogP) is 3.96. The summed E-state index contributed by atoms with van der Waals surface area (Å²) in [6, 6.07) is 11.7. The Morgan fingerprint density at radius 3 is 2.12 bits per heavy atom. The van der Waals surface area contributed by atoms with Crippen LogP contribution < -0.4 is 0 Å². The van der Waals surface area contributed by atoms with E-state index >= 15 is 0 Å². The molecule has 1 aliphatic heterocycles. The van der Waals surface area contributed by atoms with E-state index in [1.54, 1.807) is 42.5 Å². The van der Waals surface area contributed by atoms with Gasteiger partial charge in [0.2, 0.25) is 0 Å². The molecule has 0 spiro atoms. The Balaban J connectivity index is 1.89. The van der Waals surface area contributed by atoms with E-state index in [0.29, 0.717) is 21.2 Å². The lowest BCUT2D eigenvalue weighted by atomic mass is 9.95. The standard InChI is InChI=1S/C18H13Cl2NO3/c19-15-6-5-11(9-16(15)20)12(7-8-22)10-21-17(23)13-3-1-2-4-14(13)18(21)24/h1-6,8-9,12H,7,10H2. The van der Waals surface area contributed by atoms with Gasteiger partial charge in [0.15, 0.2) is 0 Å². The molecule has 0 N–H and O–H groups in total. The van der Waals surface area contributed by atoms with Gasteiger partial charge in [0.05, 0.1) is 21.2 Å². The minimum Gasteiger partial charge on any atom is -0.303 e. The molecule has 1 aliphatic rings. The Morgan fingerprint density at radius 1 is 0.958 bits per heavy atom. The van der Waals surface area contributed by atoms with Gasteiger partial charge in [-0.1, -0.05) is 41.4 Å². The second kappa shape index (κ2) is 6.75. The van der Waals surface area contributed by atoms with Gasteiger partial charge in [-0.25, -0.2) is 0 Å². The third-order valence-electron chi connectivity index (χ3n) is 4.08. The molecule has 0 saturated carbocycles. The van der Waals surface area contributed by atoms with Gasteiger partial charge in [0, 0.05) is 18.9 Å². The van der Waals surface area contributed by atoms with E-state index in [4.69, 9.17) is 23.2 Å². The first kappa shape index (κ1) is 16.7. The first-order valence-electron chi connectivity index (χ1n) is 7.36. The normalized spacial score (nSPS) is 14.7. The molecule has 2 aromatic rings. The monoisotopic (exact) mass is 361 g/mol. The lowest BCUT2D eigenvalue weighted by Gasteiger charge is -2.21. The van der Waals surface area contributed by atoms with E-state index in [0.717, 1.165) is 11.8 Å². The maximum absolute atomic E-state index is 12.5. The molecule has 0 bridgehead atoms. The van der Waals surface area contributed by atoms with E-state index in [1.165, 1.54) is 4.90 Å². The zero-order chi connectivity index (χ0) is 17.3. The van der Waals surface area contributed by atoms with Gasteiger partial charge in [0.25, 0.3) is 11.8 Å². The highest BCUT2D eigenvalue weighted by molar-refractivity contribution is 6.42. The van der Waals surface area contributed by atoms with Crippen molar-refractivity contribution in [3.8, 4) is 0 Å². The van der Waals surface area contributed by atoms with E-state index < -0.39 is 0 Å². The molecule has 1 unspecified atom stereocenters. The van der Waals surface area contributed by atoms with Crippen molar-refractivity contribution < 1.29 is 14.4 Å². The molecule has 6 heteroatoms. The van der Waals surface area contributed by atoms with Gasteiger partial charge in [-0.2, -0.15) is 0 Å². The van der Waals surface area contributed by atoms with Crippen molar-refractivity contribution in [1.82, 2.24) is 4.90 Å². The molecular weight excluding hydrogens is 349 g/mol. The van der Waals surface area contributed by atoms with Gasteiger partial charge in [-0.15, -0.1) is 0 Å². The third-order valence-corrected chi connectivity index (χ3v) is 4.82. The van der Waals surface area contributed by atoms with Gasteiger partial charge in [-0.3, -0.25) is 14.5 Å². The molecule has 0 radical (unpaired) electrons. The number of fused-ring (bicyclic) bond motifs is 1. The molecule has 0 aliphatic carbocycles. The van der Waals surface area contributed by atoms with Gasteiger partial charge in [0.1, 0.15) is 6.29 Å². The van der Waals surface area contributed by atoms with Crippen LogP contribution in [0.15, 0.2) is 42.5 Å². The quantitative estimate of drug-likeness (QED) is 0.598. The van der Waals surface area contributed by atoms with E-state index in [1.807, 2.05) is 0 Å². The van der Waals surface area contributed by atoms with Gasteiger partial charge in [-0.05, 0) is 29.8 Å². The number of benzene rings is 2. The fourth-order valence-corrected chi connectivity index (χ4v) is 3.13. The Bertz CT molecular complexity index is 800. The van der Waals surface area contributed by atoms with E-state index in [-0.39, 0.29) is 30.7 Å². The van der Waals surface area contributed by atoms with Crippen LogP contribution in [0.25, 0.3) is 0 Å². The number of hydrogen-bond donors (Lipinski definition) is 0. The Morgan fingerprint density at radius 2 is 1.58 bits per heavy atom. The Hall–Kier alpha value is -2.17. The molecule has 1 heterocycles. The number of rotatable bonds is 5. The van der Waals surface area contributed by atoms with Crippen LogP contribution in [-0.2, 0) is 4.79 Å². The van der Waals surface area contributed by atoms with E-state index in [9.17, 15) is 14.4 Å². The second-order valence-corrected chi connectivity index (χ2v) is 6.35. The number of nitrogens with zero attached hydrogens (tertiary/aromatic N) is 1. The fourth-order valence-electron chi connectivity index (χ4n) is 2.82.